The molecule has 0 fully saturated rings. The van der Waals surface area contributed by atoms with E-state index >= 15 is 0 Å². The first-order valence-corrected chi connectivity index (χ1v) is 13.2. The molecule has 1 amide bonds. The van der Waals surface area contributed by atoms with Crippen LogP contribution in [0.3, 0.4) is 0 Å². The van der Waals surface area contributed by atoms with Crippen molar-refractivity contribution in [1.29, 1.82) is 0 Å². The van der Waals surface area contributed by atoms with Gasteiger partial charge in [0.05, 0.1) is 37.7 Å². The van der Waals surface area contributed by atoms with Crippen molar-refractivity contribution in [2.24, 2.45) is 0 Å². The van der Waals surface area contributed by atoms with Crippen LogP contribution < -0.4 is 24.8 Å². The van der Waals surface area contributed by atoms with Crippen LogP contribution in [0.25, 0.3) is 17.0 Å². The Morgan fingerprint density at radius 2 is 1.75 bits per heavy atom. The zero-order valence-corrected chi connectivity index (χ0v) is 23.8. The van der Waals surface area contributed by atoms with Crippen molar-refractivity contribution in [2.75, 3.05) is 31.5 Å². The number of halogens is 1. The molecule has 2 N–H and O–H groups in total. The number of hydrogen-bond donors (Lipinski definition) is 2. The van der Waals surface area contributed by atoms with Crippen LogP contribution in [0.4, 0.5) is 17.1 Å². The predicted molar refractivity (Wildman–Crippen MR) is 164 cm³/mol. The highest BCUT2D eigenvalue weighted by molar-refractivity contribution is 6.04. The molecule has 1 aliphatic carbocycles. The summed E-state index contributed by atoms with van der Waals surface area (Å²) in [6.07, 6.45) is 7.45. The van der Waals surface area contributed by atoms with Gasteiger partial charge in [-0.15, -0.1) is 12.4 Å². The van der Waals surface area contributed by atoms with Crippen molar-refractivity contribution in [3.05, 3.63) is 83.6 Å². The van der Waals surface area contributed by atoms with E-state index in [0.29, 0.717) is 23.8 Å². The lowest BCUT2D eigenvalue weighted by molar-refractivity contribution is -0.111. The first kappa shape index (κ1) is 28.8. The van der Waals surface area contributed by atoms with Gasteiger partial charge in [0, 0.05) is 22.8 Å². The number of benzene rings is 3. The molecular weight excluding hydrogens is 526 g/mol. The molecule has 0 spiro atoms. The minimum absolute atomic E-state index is 0. The number of anilines is 3. The number of amides is 1. The molecule has 1 aliphatic rings. The van der Waals surface area contributed by atoms with E-state index in [2.05, 4.69) is 10.6 Å². The molecule has 0 saturated heterocycles. The molecule has 8 heteroatoms. The van der Waals surface area contributed by atoms with Gasteiger partial charge in [-0.25, -0.2) is 0 Å². The Balaban J connectivity index is 0.00000370. The predicted octanol–water partition coefficient (Wildman–Crippen LogP) is 7.35. The van der Waals surface area contributed by atoms with Crippen molar-refractivity contribution in [3.8, 4) is 17.2 Å². The van der Waals surface area contributed by atoms with Crippen LogP contribution in [0.2, 0.25) is 0 Å². The molecule has 1 heterocycles. The molecule has 0 radical (unpaired) electrons. The van der Waals surface area contributed by atoms with Crippen LogP contribution in [-0.2, 0) is 17.6 Å². The Kier molecular flexibility index (Phi) is 9.51. The molecule has 0 unspecified atom stereocenters. The maximum atomic E-state index is 12.8. The van der Waals surface area contributed by atoms with Gasteiger partial charge in [-0.05, 0) is 92.3 Å². The molecule has 0 aliphatic heterocycles. The number of nitrogens with one attached hydrogen (secondary N) is 2. The normalized spacial score (nSPS) is 12.4. The van der Waals surface area contributed by atoms with Gasteiger partial charge in [0.1, 0.15) is 5.75 Å². The fourth-order valence-electron chi connectivity index (χ4n) is 4.95. The number of aryl methyl sites for hydroxylation is 1. The third-order valence-electron chi connectivity index (χ3n) is 6.81. The standard InChI is InChI=1S/C32H33N3O4.ClH/c1-4-39-29-17-13-21(19-30(29)38-3)14-18-31(36)33-22-15-16-26-24(20-22)32(23-9-5-6-10-25(23)34-26)35-27-11-7-8-12-28(27)37-2;/h7-8,11-20H,4-6,9-10H2,1-3H3,(H,33,36)(H,34,35);1H. The zero-order chi connectivity index (χ0) is 27.2. The SMILES string of the molecule is CCOc1ccc(C=CC(=O)Nc2ccc3nc4c(c(Nc5ccccc5OC)c3c2)CCCC4)cc1OC.Cl. The van der Waals surface area contributed by atoms with Crippen LogP contribution in [0, 0.1) is 0 Å². The summed E-state index contributed by atoms with van der Waals surface area (Å²) in [5.74, 6) is 1.84. The lowest BCUT2D eigenvalue weighted by Crippen LogP contribution is -2.11. The number of methoxy groups -OCH3 is 2. The number of fused-ring (bicyclic) bond motifs is 2. The Hall–Kier alpha value is -4.23. The van der Waals surface area contributed by atoms with Crippen molar-refractivity contribution in [2.45, 2.75) is 32.6 Å². The number of para-hydroxylation sites is 2. The van der Waals surface area contributed by atoms with Gasteiger partial charge in [-0.3, -0.25) is 9.78 Å². The Morgan fingerprint density at radius 1 is 0.950 bits per heavy atom. The van der Waals surface area contributed by atoms with Gasteiger partial charge in [-0.1, -0.05) is 18.2 Å². The number of aromatic nitrogens is 1. The van der Waals surface area contributed by atoms with Crippen molar-refractivity contribution in [3.63, 3.8) is 0 Å². The highest BCUT2D eigenvalue weighted by Crippen LogP contribution is 2.38. The summed E-state index contributed by atoms with van der Waals surface area (Å²) in [5, 5.41) is 7.59. The largest absolute Gasteiger partial charge is 0.495 e. The fraction of sp³-hybridized carbons (Fsp3) is 0.250. The van der Waals surface area contributed by atoms with Crippen LogP contribution in [0.15, 0.2) is 66.7 Å². The third-order valence-corrected chi connectivity index (χ3v) is 6.81. The van der Waals surface area contributed by atoms with E-state index in [1.54, 1.807) is 20.3 Å². The Morgan fingerprint density at radius 3 is 2.55 bits per heavy atom. The number of pyridine rings is 1. The number of carbonyl (C=O) groups excluding carboxylic acids is 1. The van der Waals surface area contributed by atoms with E-state index in [1.807, 2.05) is 67.6 Å². The van der Waals surface area contributed by atoms with Crippen molar-refractivity contribution >= 4 is 52.4 Å². The summed E-state index contributed by atoms with van der Waals surface area (Å²) in [7, 11) is 3.27. The second-order valence-electron chi connectivity index (χ2n) is 9.34. The fourth-order valence-corrected chi connectivity index (χ4v) is 4.95. The molecule has 3 aromatic carbocycles. The van der Waals surface area contributed by atoms with E-state index in [9.17, 15) is 4.79 Å². The van der Waals surface area contributed by atoms with Gasteiger partial charge >= 0.3 is 0 Å². The highest BCUT2D eigenvalue weighted by atomic mass is 35.5. The molecule has 0 atom stereocenters. The molecule has 0 saturated carbocycles. The Bertz CT molecular complexity index is 1540. The molecule has 208 valence electrons. The second kappa shape index (κ2) is 13.2. The molecule has 7 nitrogen and oxygen atoms in total. The van der Waals surface area contributed by atoms with Crippen molar-refractivity contribution in [1.82, 2.24) is 4.98 Å². The minimum Gasteiger partial charge on any atom is -0.495 e. The summed E-state index contributed by atoms with van der Waals surface area (Å²) in [6, 6.07) is 19.3. The number of carbonyl (C=O) groups is 1. The average molecular weight is 560 g/mol. The van der Waals surface area contributed by atoms with Crippen LogP contribution in [0.1, 0.15) is 36.6 Å². The van der Waals surface area contributed by atoms with Crippen LogP contribution >= 0.6 is 12.4 Å². The van der Waals surface area contributed by atoms with Crippen LogP contribution in [-0.4, -0.2) is 31.7 Å². The molecule has 0 bridgehead atoms. The first-order valence-electron chi connectivity index (χ1n) is 13.2. The first-order chi connectivity index (χ1) is 19.1. The lowest BCUT2D eigenvalue weighted by atomic mass is 9.92. The molecule has 1 aromatic heterocycles. The highest BCUT2D eigenvalue weighted by Gasteiger charge is 2.20. The van der Waals surface area contributed by atoms with Gasteiger partial charge in [0.15, 0.2) is 11.5 Å². The summed E-state index contributed by atoms with van der Waals surface area (Å²) in [4.78, 5) is 17.8. The molecule has 5 rings (SSSR count). The van der Waals surface area contributed by atoms with Gasteiger partial charge in [-0.2, -0.15) is 0 Å². The van der Waals surface area contributed by atoms with Gasteiger partial charge in [0.2, 0.25) is 5.91 Å². The van der Waals surface area contributed by atoms with Gasteiger partial charge in [0.25, 0.3) is 0 Å². The summed E-state index contributed by atoms with van der Waals surface area (Å²) in [5.41, 5.74) is 6.70. The van der Waals surface area contributed by atoms with Crippen LogP contribution in [0.5, 0.6) is 17.2 Å². The van der Waals surface area contributed by atoms with E-state index in [-0.39, 0.29) is 18.3 Å². The summed E-state index contributed by atoms with van der Waals surface area (Å²) >= 11 is 0. The molecular formula is C32H34ClN3O4. The number of ether oxygens (including phenoxy) is 3. The van der Waals surface area contributed by atoms with E-state index in [0.717, 1.165) is 65.0 Å². The molecule has 40 heavy (non-hydrogen) atoms. The maximum Gasteiger partial charge on any atom is 0.248 e. The smallest absolute Gasteiger partial charge is 0.248 e. The topological polar surface area (TPSA) is 81.7 Å². The monoisotopic (exact) mass is 559 g/mol. The minimum atomic E-state index is -0.229. The van der Waals surface area contributed by atoms with Gasteiger partial charge < -0.3 is 24.8 Å². The average Bonchev–Trinajstić information content (AvgIpc) is 2.97. The number of hydrogen-bond acceptors (Lipinski definition) is 6. The number of nitrogens with zero attached hydrogens (tertiary/aromatic N) is 1. The Labute approximate surface area is 241 Å². The zero-order valence-electron chi connectivity index (χ0n) is 23.0. The summed E-state index contributed by atoms with van der Waals surface area (Å²) in [6.45, 7) is 2.47. The maximum absolute atomic E-state index is 12.8. The summed E-state index contributed by atoms with van der Waals surface area (Å²) < 4.78 is 16.6. The van der Waals surface area contributed by atoms with E-state index < -0.39 is 0 Å². The van der Waals surface area contributed by atoms with Crippen molar-refractivity contribution < 1.29 is 19.0 Å². The lowest BCUT2D eigenvalue weighted by Gasteiger charge is -2.22. The van der Waals surface area contributed by atoms with E-state index in [1.165, 1.54) is 11.6 Å². The number of rotatable bonds is 9. The van der Waals surface area contributed by atoms with E-state index in [4.69, 9.17) is 19.2 Å². The third kappa shape index (κ3) is 6.32. The molecule has 4 aromatic rings. The quantitative estimate of drug-likeness (QED) is 0.209. The second-order valence-corrected chi connectivity index (χ2v) is 9.34.